The molecule has 0 aliphatic heterocycles. The van der Waals surface area contributed by atoms with Gasteiger partial charge in [0.15, 0.2) is 0 Å². The Labute approximate surface area is 164 Å². The smallest absolute Gasteiger partial charge is 0.264 e. The Morgan fingerprint density at radius 1 is 1.04 bits per heavy atom. The van der Waals surface area contributed by atoms with Crippen molar-refractivity contribution < 1.29 is 13.2 Å². The van der Waals surface area contributed by atoms with Gasteiger partial charge in [0.2, 0.25) is 0 Å². The van der Waals surface area contributed by atoms with Crippen LogP contribution in [0.25, 0.3) is 0 Å². The van der Waals surface area contributed by atoms with Crippen LogP contribution in [0.3, 0.4) is 0 Å². The molecule has 0 aliphatic carbocycles. The summed E-state index contributed by atoms with van der Waals surface area (Å²) in [5.41, 5.74) is 2.79. The third kappa shape index (κ3) is 4.37. The molecule has 0 spiro atoms. The topological polar surface area (TPSA) is 79.4 Å². The van der Waals surface area contributed by atoms with Gasteiger partial charge < -0.3 is 5.32 Å². The lowest BCUT2D eigenvalue weighted by atomic mass is 10.2. The largest absolute Gasteiger partial charge is 0.348 e. The van der Waals surface area contributed by atoms with Gasteiger partial charge in [-0.3, -0.25) is 14.1 Å². The first-order valence-corrected chi connectivity index (χ1v) is 10.1. The van der Waals surface area contributed by atoms with Crippen molar-refractivity contribution in [1.82, 2.24) is 10.3 Å². The summed E-state index contributed by atoms with van der Waals surface area (Å²) in [7, 11) is -2.29. The van der Waals surface area contributed by atoms with Crippen molar-refractivity contribution in [1.29, 1.82) is 0 Å². The van der Waals surface area contributed by atoms with Gasteiger partial charge in [-0.05, 0) is 55.0 Å². The van der Waals surface area contributed by atoms with E-state index in [9.17, 15) is 13.2 Å². The molecule has 1 N–H and O–H groups in total. The van der Waals surface area contributed by atoms with Crippen molar-refractivity contribution >= 4 is 21.6 Å². The van der Waals surface area contributed by atoms with Gasteiger partial charge in [-0.2, -0.15) is 0 Å². The summed E-state index contributed by atoms with van der Waals surface area (Å²) >= 11 is 0. The minimum Gasteiger partial charge on any atom is -0.348 e. The molecule has 0 fully saturated rings. The van der Waals surface area contributed by atoms with Crippen molar-refractivity contribution in [3.63, 3.8) is 0 Å². The van der Waals surface area contributed by atoms with Crippen LogP contribution < -0.4 is 9.62 Å². The van der Waals surface area contributed by atoms with Crippen LogP contribution in [0.4, 0.5) is 5.69 Å². The van der Waals surface area contributed by atoms with Gasteiger partial charge in [-0.1, -0.05) is 23.8 Å². The van der Waals surface area contributed by atoms with Crippen LogP contribution in [-0.2, 0) is 16.6 Å². The number of aromatic nitrogens is 1. The number of hydrogen-bond donors (Lipinski definition) is 1. The van der Waals surface area contributed by atoms with Crippen molar-refractivity contribution in [3.05, 3.63) is 89.7 Å². The first-order valence-electron chi connectivity index (χ1n) is 8.71. The normalized spacial score (nSPS) is 11.1. The molecule has 0 saturated carbocycles. The Morgan fingerprint density at radius 2 is 1.71 bits per heavy atom. The number of carbonyl (C=O) groups excluding carboxylic acids is 1. The summed E-state index contributed by atoms with van der Waals surface area (Å²) in [5.74, 6) is -0.341. The summed E-state index contributed by atoms with van der Waals surface area (Å²) in [6.07, 6.45) is 3.30. The monoisotopic (exact) mass is 395 g/mol. The van der Waals surface area contributed by atoms with E-state index in [1.807, 2.05) is 19.1 Å². The summed E-state index contributed by atoms with van der Waals surface area (Å²) in [6, 6.07) is 16.8. The predicted molar refractivity (Wildman–Crippen MR) is 109 cm³/mol. The number of benzene rings is 2. The lowest BCUT2D eigenvalue weighted by molar-refractivity contribution is 0.0950. The molecule has 1 aromatic heterocycles. The number of nitrogens with zero attached hydrogens (tertiary/aromatic N) is 2. The van der Waals surface area contributed by atoms with Crippen LogP contribution in [0.5, 0.6) is 0 Å². The lowest BCUT2D eigenvalue weighted by Gasteiger charge is -2.20. The van der Waals surface area contributed by atoms with Gasteiger partial charge in [-0.15, -0.1) is 0 Å². The molecule has 28 heavy (non-hydrogen) atoms. The zero-order valence-electron chi connectivity index (χ0n) is 15.7. The van der Waals surface area contributed by atoms with Gasteiger partial charge in [-0.25, -0.2) is 8.42 Å². The van der Waals surface area contributed by atoms with E-state index in [4.69, 9.17) is 0 Å². The quantitative estimate of drug-likeness (QED) is 0.695. The van der Waals surface area contributed by atoms with E-state index in [2.05, 4.69) is 10.3 Å². The van der Waals surface area contributed by atoms with E-state index in [-0.39, 0.29) is 16.4 Å². The zero-order chi connectivity index (χ0) is 20.1. The molecular formula is C21H21N3O3S. The van der Waals surface area contributed by atoms with E-state index in [1.54, 1.807) is 48.8 Å². The van der Waals surface area contributed by atoms with Gasteiger partial charge in [0.25, 0.3) is 15.9 Å². The third-order valence-corrected chi connectivity index (χ3v) is 6.14. The number of nitrogens with one attached hydrogen (secondary N) is 1. The number of sulfonamides is 1. The molecule has 1 amide bonds. The Morgan fingerprint density at radius 3 is 2.39 bits per heavy atom. The average Bonchev–Trinajstić information content (AvgIpc) is 2.73. The fourth-order valence-corrected chi connectivity index (χ4v) is 3.88. The maximum Gasteiger partial charge on any atom is 0.264 e. The Hall–Kier alpha value is -3.19. The first-order chi connectivity index (χ1) is 13.4. The fourth-order valence-electron chi connectivity index (χ4n) is 2.63. The molecule has 6 nitrogen and oxygen atoms in total. The maximum atomic E-state index is 13.0. The minimum absolute atomic E-state index is 0.0622. The molecule has 0 unspecified atom stereocenters. The van der Waals surface area contributed by atoms with Gasteiger partial charge in [0.1, 0.15) is 0 Å². The number of carbonyl (C=O) groups is 1. The molecule has 1 heterocycles. The molecule has 3 aromatic rings. The predicted octanol–water partition coefficient (Wildman–Crippen LogP) is 3.15. The summed E-state index contributed by atoms with van der Waals surface area (Å²) < 4.78 is 27.1. The Balaban J connectivity index is 1.79. The Kier molecular flexibility index (Phi) is 5.75. The molecule has 0 atom stereocenters. The highest BCUT2D eigenvalue weighted by Crippen LogP contribution is 2.23. The number of amides is 1. The highest BCUT2D eigenvalue weighted by atomic mass is 32.2. The van der Waals surface area contributed by atoms with Crippen molar-refractivity contribution in [2.45, 2.75) is 18.4 Å². The summed E-state index contributed by atoms with van der Waals surface area (Å²) in [4.78, 5) is 16.4. The van der Waals surface area contributed by atoms with E-state index >= 15 is 0 Å². The van der Waals surface area contributed by atoms with Crippen LogP contribution in [0.2, 0.25) is 0 Å². The van der Waals surface area contributed by atoms with Crippen LogP contribution in [-0.4, -0.2) is 26.4 Å². The number of anilines is 1. The molecule has 2 aromatic carbocycles. The Bertz CT molecular complexity index is 1070. The number of hydrogen-bond acceptors (Lipinski definition) is 4. The van der Waals surface area contributed by atoms with Crippen molar-refractivity contribution in [3.8, 4) is 0 Å². The molecule has 0 saturated heterocycles. The van der Waals surface area contributed by atoms with Crippen LogP contribution in [0.15, 0.2) is 78.0 Å². The molecule has 0 radical (unpaired) electrons. The zero-order valence-corrected chi connectivity index (χ0v) is 16.5. The van der Waals surface area contributed by atoms with Crippen LogP contribution >= 0.6 is 0 Å². The standard InChI is InChI=1S/C21H21N3O3S/c1-16-6-8-19(9-7-16)24(2)28(26,27)20-5-3-4-18(14-20)21(25)23-15-17-10-12-22-13-11-17/h3-14H,15H2,1-2H3,(H,23,25). The van der Waals surface area contributed by atoms with Crippen molar-refractivity contribution in [2.75, 3.05) is 11.4 Å². The third-order valence-electron chi connectivity index (χ3n) is 4.35. The second-order valence-corrected chi connectivity index (χ2v) is 8.34. The number of aryl methyl sites for hydroxylation is 1. The van der Waals surface area contributed by atoms with Gasteiger partial charge in [0, 0.05) is 31.5 Å². The van der Waals surface area contributed by atoms with Gasteiger partial charge in [0.05, 0.1) is 10.6 Å². The fraction of sp³-hybridized carbons (Fsp3) is 0.143. The van der Waals surface area contributed by atoms with E-state index in [1.165, 1.54) is 23.5 Å². The van der Waals surface area contributed by atoms with E-state index in [0.717, 1.165) is 11.1 Å². The second kappa shape index (κ2) is 8.22. The first kappa shape index (κ1) is 19.6. The maximum absolute atomic E-state index is 13.0. The summed E-state index contributed by atoms with van der Waals surface area (Å²) in [6.45, 7) is 2.27. The number of rotatable bonds is 6. The SMILES string of the molecule is Cc1ccc(N(C)S(=O)(=O)c2cccc(C(=O)NCc3ccncc3)c2)cc1. The highest BCUT2D eigenvalue weighted by molar-refractivity contribution is 7.92. The van der Waals surface area contributed by atoms with E-state index < -0.39 is 10.0 Å². The molecule has 0 bridgehead atoms. The van der Waals surface area contributed by atoms with Crippen molar-refractivity contribution in [2.24, 2.45) is 0 Å². The lowest BCUT2D eigenvalue weighted by Crippen LogP contribution is -2.27. The molecule has 144 valence electrons. The van der Waals surface area contributed by atoms with E-state index in [0.29, 0.717) is 12.2 Å². The molecule has 0 aliphatic rings. The average molecular weight is 395 g/mol. The van der Waals surface area contributed by atoms with Crippen LogP contribution in [0.1, 0.15) is 21.5 Å². The molecule has 3 rings (SSSR count). The highest BCUT2D eigenvalue weighted by Gasteiger charge is 2.22. The molecule has 7 heteroatoms. The minimum atomic E-state index is -3.78. The number of pyridine rings is 1. The van der Waals surface area contributed by atoms with Gasteiger partial charge >= 0.3 is 0 Å². The summed E-state index contributed by atoms with van der Waals surface area (Å²) in [5, 5.41) is 2.79. The van der Waals surface area contributed by atoms with Crippen LogP contribution in [0, 0.1) is 6.92 Å². The second-order valence-electron chi connectivity index (χ2n) is 6.37. The molecular weight excluding hydrogens is 374 g/mol.